The van der Waals surface area contributed by atoms with Gasteiger partial charge in [-0.25, -0.2) is 8.42 Å². The Morgan fingerprint density at radius 1 is 0.971 bits per heavy atom. The predicted octanol–water partition coefficient (Wildman–Crippen LogP) is 2.28. The van der Waals surface area contributed by atoms with Crippen LogP contribution in [0.25, 0.3) is 0 Å². The van der Waals surface area contributed by atoms with Gasteiger partial charge in [0.05, 0.1) is 24.4 Å². The van der Waals surface area contributed by atoms with Crippen molar-refractivity contribution >= 4 is 27.5 Å². The molecule has 0 aliphatic carbocycles. The Labute approximate surface area is 197 Å². The van der Waals surface area contributed by atoms with Crippen LogP contribution in [0.1, 0.15) is 16.1 Å². The quantitative estimate of drug-likeness (QED) is 0.508. The molecule has 2 N–H and O–H groups in total. The van der Waals surface area contributed by atoms with Crippen molar-refractivity contribution in [3.63, 3.8) is 0 Å². The number of sulfonamides is 1. The average molecular weight is 484 g/mol. The van der Waals surface area contributed by atoms with E-state index < -0.39 is 27.9 Å². The van der Waals surface area contributed by atoms with E-state index in [0.29, 0.717) is 18.9 Å². The second-order valence-electron chi connectivity index (χ2n) is 7.73. The van der Waals surface area contributed by atoms with E-state index in [1.807, 2.05) is 30.3 Å². The number of carbonyl (C=O) groups is 2. The van der Waals surface area contributed by atoms with Gasteiger partial charge in [-0.1, -0.05) is 36.4 Å². The first-order chi connectivity index (χ1) is 16.4. The first-order valence-electron chi connectivity index (χ1n) is 10.8. The predicted molar refractivity (Wildman–Crippen MR) is 125 cm³/mol. The fraction of sp³-hybridized carbons (Fsp3) is 0.250. The molecular formula is C24H25N3O6S. The fourth-order valence-electron chi connectivity index (χ4n) is 3.60. The largest absolute Gasteiger partial charge is 0.459 e. The van der Waals surface area contributed by atoms with Crippen molar-refractivity contribution in [2.45, 2.75) is 17.4 Å². The molecule has 3 aromatic rings. The molecule has 0 radical (unpaired) electrons. The zero-order valence-corrected chi connectivity index (χ0v) is 19.2. The van der Waals surface area contributed by atoms with E-state index in [1.165, 1.54) is 28.8 Å². The van der Waals surface area contributed by atoms with Crippen LogP contribution >= 0.6 is 0 Å². The monoisotopic (exact) mass is 483 g/mol. The summed E-state index contributed by atoms with van der Waals surface area (Å²) in [4.78, 5) is 25.8. The van der Waals surface area contributed by atoms with Gasteiger partial charge in [0, 0.05) is 25.2 Å². The van der Waals surface area contributed by atoms with Crippen LogP contribution in [0.4, 0.5) is 5.69 Å². The Bertz CT molecular complexity index is 1220. The number of nitrogens with zero attached hydrogens (tertiary/aromatic N) is 1. The molecule has 0 spiro atoms. The molecule has 0 unspecified atom stereocenters. The number of anilines is 1. The molecule has 1 saturated heterocycles. The van der Waals surface area contributed by atoms with Crippen LogP contribution in [0.5, 0.6) is 0 Å². The first kappa shape index (κ1) is 23.7. The summed E-state index contributed by atoms with van der Waals surface area (Å²) in [5, 5.41) is 5.44. The number of morpholine rings is 1. The van der Waals surface area contributed by atoms with Crippen LogP contribution in [0, 0.1) is 0 Å². The van der Waals surface area contributed by atoms with Crippen LogP contribution in [-0.4, -0.2) is 56.9 Å². The molecule has 2 heterocycles. The minimum atomic E-state index is -3.72. The Balaban J connectivity index is 1.52. The highest BCUT2D eigenvalue weighted by Gasteiger charge is 2.27. The standard InChI is InChI=1S/C24H25N3O6S/c28-23(21(16-18-6-2-1-3-7-18)26-24(29)22-10-5-13-33-22)25-19-8-4-9-20(17-19)34(30,31)27-11-14-32-15-12-27/h1-10,13,17,21H,11-12,14-16H2,(H,25,28)(H,26,29)/t21-/m0/s1. The zero-order chi connectivity index (χ0) is 24.0. The van der Waals surface area contributed by atoms with Crippen molar-refractivity contribution in [3.05, 3.63) is 84.3 Å². The highest BCUT2D eigenvalue weighted by Crippen LogP contribution is 2.21. The highest BCUT2D eigenvalue weighted by atomic mass is 32.2. The molecule has 34 heavy (non-hydrogen) atoms. The molecule has 1 aliphatic rings. The SMILES string of the molecule is O=C(N[C@@H](Cc1ccccc1)C(=O)Nc1cccc(S(=O)(=O)N2CCOCC2)c1)c1ccco1. The van der Waals surface area contributed by atoms with Gasteiger partial charge in [-0.2, -0.15) is 4.31 Å². The summed E-state index contributed by atoms with van der Waals surface area (Å²) < 4.78 is 37.7. The number of hydrogen-bond donors (Lipinski definition) is 2. The van der Waals surface area contributed by atoms with Crippen LogP contribution in [0.3, 0.4) is 0 Å². The molecule has 0 bridgehead atoms. The third kappa shape index (κ3) is 5.71. The maximum absolute atomic E-state index is 13.2. The van der Waals surface area contributed by atoms with E-state index in [4.69, 9.17) is 9.15 Å². The smallest absolute Gasteiger partial charge is 0.287 e. The third-order valence-electron chi connectivity index (χ3n) is 5.36. The molecule has 4 rings (SSSR count). The average Bonchev–Trinajstić information content (AvgIpc) is 3.40. The lowest BCUT2D eigenvalue weighted by molar-refractivity contribution is -0.118. The summed E-state index contributed by atoms with van der Waals surface area (Å²) in [5.41, 5.74) is 1.16. The number of amides is 2. The fourth-order valence-corrected chi connectivity index (χ4v) is 5.05. The minimum absolute atomic E-state index is 0.0754. The molecule has 178 valence electrons. The Hall–Kier alpha value is -3.47. The summed E-state index contributed by atoms with van der Waals surface area (Å²) in [6.45, 7) is 1.23. The van der Waals surface area contributed by atoms with Crippen molar-refractivity contribution in [1.29, 1.82) is 0 Å². The summed E-state index contributed by atoms with van der Waals surface area (Å²) in [5.74, 6) is -0.918. The van der Waals surface area contributed by atoms with Gasteiger partial charge in [0.2, 0.25) is 15.9 Å². The number of benzene rings is 2. The lowest BCUT2D eigenvalue weighted by Gasteiger charge is -2.26. The second kappa shape index (κ2) is 10.6. The Morgan fingerprint density at radius 2 is 1.74 bits per heavy atom. The summed E-state index contributed by atoms with van der Waals surface area (Å²) >= 11 is 0. The third-order valence-corrected chi connectivity index (χ3v) is 7.25. The number of ether oxygens (including phenoxy) is 1. The lowest BCUT2D eigenvalue weighted by atomic mass is 10.0. The van der Waals surface area contributed by atoms with Crippen LogP contribution in [0.15, 0.2) is 82.3 Å². The minimum Gasteiger partial charge on any atom is -0.459 e. The van der Waals surface area contributed by atoms with Crippen molar-refractivity contribution in [1.82, 2.24) is 9.62 Å². The van der Waals surface area contributed by atoms with Gasteiger partial charge in [-0.3, -0.25) is 9.59 Å². The number of furan rings is 1. The van der Waals surface area contributed by atoms with Crippen LogP contribution in [-0.2, 0) is 26.0 Å². The van der Waals surface area contributed by atoms with Gasteiger partial charge >= 0.3 is 0 Å². The lowest BCUT2D eigenvalue weighted by Crippen LogP contribution is -2.45. The Kier molecular flexibility index (Phi) is 7.41. The maximum Gasteiger partial charge on any atom is 0.287 e. The first-order valence-corrected chi connectivity index (χ1v) is 12.2. The van der Waals surface area contributed by atoms with Crippen molar-refractivity contribution in [2.75, 3.05) is 31.6 Å². The van der Waals surface area contributed by atoms with Crippen molar-refractivity contribution in [3.8, 4) is 0 Å². The van der Waals surface area contributed by atoms with E-state index in [-0.39, 0.29) is 30.2 Å². The molecule has 9 nitrogen and oxygen atoms in total. The van der Waals surface area contributed by atoms with E-state index in [9.17, 15) is 18.0 Å². The summed E-state index contributed by atoms with van der Waals surface area (Å²) in [7, 11) is -3.72. The van der Waals surface area contributed by atoms with Gasteiger partial charge < -0.3 is 19.8 Å². The molecule has 1 atom stereocenters. The molecule has 0 saturated carbocycles. The number of nitrogens with one attached hydrogen (secondary N) is 2. The van der Waals surface area contributed by atoms with E-state index in [0.717, 1.165) is 5.56 Å². The molecule has 1 aliphatic heterocycles. The Morgan fingerprint density at radius 3 is 2.44 bits per heavy atom. The van der Waals surface area contributed by atoms with Crippen LogP contribution in [0.2, 0.25) is 0 Å². The normalized spacial score (nSPS) is 15.4. The second-order valence-corrected chi connectivity index (χ2v) is 9.66. The molecule has 2 aromatic carbocycles. The maximum atomic E-state index is 13.2. The number of carbonyl (C=O) groups excluding carboxylic acids is 2. The van der Waals surface area contributed by atoms with Crippen molar-refractivity contribution < 1.29 is 27.2 Å². The number of rotatable bonds is 8. The topological polar surface area (TPSA) is 118 Å². The van der Waals surface area contributed by atoms with Gasteiger partial charge in [0.25, 0.3) is 5.91 Å². The van der Waals surface area contributed by atoms with Gasteiger partial charge in [-0.15, -0.1) is 0 Å². The number of hydrogen-bond acceptors (Lipinski definition) is 6. The molecule has 10 heteroatoms. The summed E-state index contributed by atoms with van der Waals surface area (Å²) in [6.07, 6.45) is 1.62. The van der Waals surface area contributed by atoms with Crippen LogP contribution < -0.4 is 10.6 Å². The molecule has 1 fully saturated rings. The van der Waals surface area contributed by atoms with E-state index in [2.05, 4.69) is 10.6 Å². The van der Waals surface area contributed by atoms with Gasteiger partial charge in [0.15, 0.2) is 5.76 Å². The molecular weight excluding hydrogens is 458 g/mol. The summed E-state index contributed by atoms with van der Waals surface area (Å²) in [6, 6.07) is 17.5. The van der Waals surface area contributed by atoms with Gasteiger partial charge in [0.1, 0.15) is 6.04 Å². The van der Waals surface area contributed by atoms with Crippen molar-refractivity contribution in [2.24, 2.45) is 0 Å². The van der Waals surface area contributed by atoms with E-state index >= 15 is 0 Å². The van der Waals surface area contributed by atoms with E-state index in [1.54, 1.807) is 18.2 Å². The van der Waals surface area contributed by atoms with Gasteiger partial charge in [-0.05, 0) is 35.9 Å². The molecule has 1 aromatic heterocycles. The zero-order valence-electron chi connectivity index (χ0n) is 18.3. The molecule has 2 amide bonds. The highest BCUT2D eigenvalue weighted by molar-refractivity contribution is 7.89.